The highest BCUT2D eigenvalue weighted by Gasteiger charge is 2.18. The fourth-order valence-electron chi connectivity index (χ4n) is 2.36. The van der Waals surface area contributed by atoms with Crippen LogP contribution in [0, 0.1) is 6.92 Å². The molecule has 0 saturated carbocycles. The standard InChI is InChI=1S/C20H17ClN2O2/c1-14-9-10-15(12-18(14)21)23(2)20(24)17-7-3-4-8-19(17)25-16-6-5-11-22-13-16/h3-13H,1-2H3. The number of para-hydroxylation sites is 1. The van der Waals surface area contributed by atoms with E-state index in [1.165, 1.54) is 0 Å². The Morgan fingerprint density at radius 2 is 1.92 bits per heavy atom. The van der Waals surface area contributed by atoms with Crippen molar-refractivity contribution in [2.45, 2.75) is 6.92 Å². The van der Waals surface area contributed by atoms with Crippen LogP contribution >= 0.6 is 11.6 Å². The summed E-state index contributed by atoms with van der Waals surface area (Å²) in [6.45, 7) is 1.92. The summed E-state index contributed by atoms with van der Waals surface area (Å²) in [6, 6.07) is 16.2. The zero-order chi connectivity index (χ0) is 17.8. The predicted molar refractivity (Wildman–Crippen MR) is 99.7 cm³/mol. The predicted octanol–water partition coefficient (Wildman–Crippen LogP) is 5.11. The van der Waals surface area contributed by atoms with E-state index in [4.69, 9.17) is 16.3 Å². The summed E-state index contributed by atoms with van der Waals surface area (Å²) < 4.78 is 5.82. The third-order valence-electron chi connectivity index (χ3n) is 3.83. The molecule has 0 atom stereocenters. The van der Waals surface area contributed by atoms with Crippen LogP contribution < -0.4 is 9.64 Å². The molecule has 3 rings (SSSR count). The average Bonchev–Trinajstić information content (AvgIpc) is 2.64. The van der Waals surface area contributed by atoms with E-state index in [1.807, 2.05) is 25.1 Å². The lowest BCUT2D eigenvalue weighted by Gasteiger charge is -2.20. The van der Waals surface area contributed by atoms with Gasteiger partial charge in [0.05, 0.1) is 11.8 Å². The maximum absolute atomic E-state index is 12.9. The molecule has 0 bridgehead atoms. The Balaban J connectivity index is 1.90. The number of pyridine rings is 1. The van der Waals surface area contributed by atoms with Gasteiger partial charge in [-0.15, -0.1) is 0 Å². The molecular weight excluding hydrogens is 336 g/mol. The van der Waals surface area contributed by atoms with E-state index in [2.05, 4.69) is 4.98 Å². The van der Waals surface area contributed by atoms with Crippen molar-refractivity contribution >= 4 is 23.2 Å². The molecule has 0 aliphatic rings. The number of ether oxygens (including phenoxy) is 1. The zero-order valence-electron chi connectivity index (χ0n) is 13.9. The molecule has 0 radical (unpaired) electrons. The monoisotopic (exact) mass is 352 g/mol. The summed E-state index contributed by atoms with van der Waals surface area (Å²) in [6.07, 6.45) is 3.27. The SMILES string of the molecule is Cc1ccc(N(C)C(=O)c2ccccc2Oc2cccnc2)cc1Cl. The third-order valence-corrected chi connectivity index (χ3v) is 4.23. The van der Waals surface area contributed by atoms with E-state index in [1.54, 1.807) is 60.7 Å². The molecule has 0 fully saturated rings. The van der Waals surface area contributed by atoms with Gasteiger partial charge in [0.2, 0.25) is 0 Å². The zero-order valence-corrected chi connectivity index (χ0v) is 14.7. The fraction of sp³-hybridized carbons (Fsp3) is 0.100. The Bertz CT molecular complexity index is 897. The van der Waals surface area contributed by atoms with Gasteiger partial charge in [0, 0.05) is 24.0 Å². The van der Waals surface area contributed by atoms with Crippen LogP contribution in [-0.4, -0.2) is 17.9 Å². The third kappa shape index (κ3) is 3.80. The van der Waals surface area contributed by atoms with Crippen LogP contribution in [0.2, 0.25) is 5.02 Å². The van der Waals surface area contributed by atoms with E-state index in [9.17, 15) is 4.79 Å². The molecule has 3 aromatic rings. The number of nitrogens with zero attached hydrogens (tertiary/aromatic N) is 2. The highest BCUT2D eigenvalue weighted by Crippen LogP contribution is 2.28. The summed E-state index contributed by atoms with van der Waals surface area (Å²) in [5.41, 5.74) is 2.15. The minimum absolute atomic E-state index is 0.181. The summed E-state index contributed by atoms with van der Waals surface area (Å²) in [7, 11) is 1.71. The smallest absolute Gasteiger partial charge is 0.261 e. The number of halogens is 1. The van der Waals surface area contributed by atoms with Crippen LogP contribution in [-0.2, 0) is 0 Å². The number of aromatic nitrogens is 1. The van der Waals surface area contributed by atoms with Crippen molar-refractivity contribution in [1.82, 2.24) is 4.98 Å². The Hall–Kier alpha value is -2.85. The number of rotatable bonds is 4. The highest BCUT2D eigenvalue weighted by atomic mass is 35.5. The van der Waals surface area contributed by atoms with E-state index in [-0.39, 0.29) is 5.91 Å². The first-order valence-corrected chi connectivity index (χ1v) is 8.15. The minimum atomic E-state index is -0.181. The Kier molecular flexibility index (Phi) is 5.00. The Morgan fingerprint density at radius 1 is 1.12 bits per heavy atom. The van der Waals surface area contributed by atoms with Gasteiger partial charge >= 0.3 is 0 Å². The van der Waals surface area contributed by atoms with E-state index in [0.29, 0.717) is 22.1 Å². The van der Waals surface area contributed by atoms with Gasteiger partial charge in [-0.25, -0.2) is 0 Å². The van der Waals surface area contributed by atoms with Crippen LogP contribution in [0.4, 0.5) is 5.69 Å². The maximum Gasteiger partial charge on any atom is 0.261 e. The van der Waals surface area contributed by atoms with Crippen molar-refractivity contribution in [2.24, 2.45) is 0 Å². The second kappa shape index (κ2) is 7.36. The molecule has 0 unspecified atom stereocenters. The molecule has 2 aromatic carbocycles. The molecule has 0 aliphatic heterocycles. The first kappa shape index (κ1) is 17.0. The number of aryl methyl sites for hydroxylation is 1. The molecule has 1 amide bonds. The van der Waals surface area contributed by atoms with Crippen molar-refractivity contribution in [1.29, 1.82) is 0 Å². The number of hydrogen-bond acceptors (Lipinski definition) is 3. The Labute approximate surface area is 151 Å². The number of benzene rings is 2. The van der Waals surface area contributed by atoms with Gasteiger partial charge in [0.15, 0.2) is 0 Å². The maximum atomic E-state index is 12.9. The van der Waals surface area contributed by atoms with Crippen molar-refractivity contribution in [3.05, 3.63) is 83.1 Å². The molecular formula is C20H17ClN2O2. The van der Waals surface area contributed by atoms with Gasteiger partial charge in [-0.1, -0.05) is 29.8 Å². The lowest BCUT2D eigenvalue weighted by atomic mass is 10.1. The molecule has 5 heteroatoms. The number of hydrogen-bond donors (Lipinski definition) is 0. The van der Waals surface area contributed by atoms with E-state index < -0.39 is 0 Å². The number of carbonyl (C=O) groups is 1. The number of carbonyl (C=O) groups excluding carboxylic acids is 1. The van der Waals surface area contributed by atoms with Crippen LogP contribution in [0.25, 0.3) is 0 Å². The van der Waals surface area contributed by atoms with Gasteiger partial charge in [0.1, 0.15) is 11.5 Å². The number of amides is 1. The van der Waals surface area contributed by atoms with Crippen molar-refractivity contribution in [3.63, 3.8) is 0 Å². The normalized spacial score (nSPS) is 10.4. The summed E-state index contributed by atoms with van der Waals surface area (Å²) in [4.78, 5) is 18.5. The summed E-state index contributed by atoms with van der Waals surface area (Å²) >= 11 is 6.18. The second-order valence-corrected chi connectivity index (χ2v) is 5.99. The van der Waals surface area contributed by atoms with Gasteiger partial charge in [0.25, 0.3) is 5.91 Å². The highest BCUT2D eigenvalue weighted by molar-refractivity contribution is 6.31. The van der Waals surface area contributed by atoms with Crippen LogP contribution in [0.5, 0.6) is 11.5 Å². The topological polar surface area (TPSA) is 42.4 Å². The molecule has 0 aliphatic carbocycles. The first-order chi connectivity index (χ1) is 12.1. The first-order valence-electron chi connectivity index (χ1n) is 7.77. The van der Waals surface area contributed by atoms with Gasteiger partial charge < -0.3 is 9.64 Å². The molecule has 0 spiro atoms. The minimum Gasteiger partial charge on any atom is -0.455 e. The molecule has 4 nitrogen and oxygen atoms in total. The molecule has 25 heavy (non-hydrogen) atoms. The van der Waals surface area contributed by atoms with Crippen molar-refractivity contribution in [2.75, 3.05) is 11.9 Å². The van der Waals surface area contributed by atoms with Gasteiger partial charge in [-0.05, 0) is 48.9 Å². The lowest BCUT2D eigenvalue weighted by Crippen LogP contribution is -2.26. The average molecular weight is 353 g/mol. The van der Waals surface area contributed by atoms with Crippen molar-refractivity contribution < 1.29 is 9.53 Å². The fourth-order valence-corrected chi connectivity index (χ4v) is 2.53. The van der Waals surface area contributed by atoms with Crippen LogP contribution in [0.1, 0.15) is 15.9 Å². The van der Waals surface area contributed by atoms with E-state index in [0.717, 1.165) is 11.3 Å². The van der Waals surface area contributed by atoms with Crippen LogP contribution in [0.15, 0.2) is 67.0 Å². The quantitative estimate of drug-likeness (QED) is 0.655. The molecule has 1 aromatic heterocycles. The molecule has 126 valence electrons. The van der Waals surface area contributed by atoms with Gasteiger partial charge in [-0.2, -0.15) is 0 Å². The summed E-state index contributed by atoms with van der Waals surface area (Å²) in [5.74, 6) is 0.869. The summed E-state index contributed by atoms with van der Waals surface area (Å²) in [5, 5.41) is 0.622. The lowest BCUT2D eigenvalue weighted by molar-refractivity contribution is 0.0991. The second-order valence-electron chi connectivity index (χ2n) is 5.58. The molecule has 0 N–H and O–H groups in total. The molecule has 1 heterocycles. The van der Waals surface area contributed by atoms with Crippen LogP contribution in [0.3, 0.4) is 0 Å². The van der Waals surface area contributed by atoms with Crippen molar-refractivity contribution in [3.8, 4) is 11.5 Å². The molecule has 0 saturated heterocycles. The number of anilines is 1. The largest absolute Gasteiger partial charge is 0.455 e. The Morgan fingerprint density at radius 3 is 2.64 bits per heavy atom. The van der Waals surface area contributed by atoms with E-state index >= 15 is 0 Å². The van der Waals surface area contributed by atoms with Gasteiger partial charge in [-0.3, -0.25) is 9.78 Å².